The molecule has 70 valence electrons. The van der Waals surface area contributed by atoms with Crippen LogP contribution in [0.3, 0.4) is 0 Å². The van der Waals surface area contributed by atoms with E-state index in [2.05, 4.69) is 27.5 Å². The molecule has 1 unspecified atom stereocenters. The van der Waals surface area contributed by atoms with Crippen LogP contribution in [0.15, 0.2) is 16.8 Å². The van der Waals surface area contributed by atoms with Gasteiger partial charge < -0.3 is 10.6 Å². The van der Waals surface area contributed by atoms with Gasteiger partial charge in [0.05, 0.1) is 0 Å². The summed E-state index contributed by atoms with van der Waals surface area (Å²) in [4.78, 5) is 10.9. The van der Waals surface area contributed by atoms with E-state index in [1.807, 2.05) is 0 Å². The van der Waals surface area contributed by atoms with Crippen LogP contribution in [0.2, 0.25) is 0 Å². The monoisotopic (exact) mass is 196 g/mol. The highest BCUT2D eigenvalue weighted by Crippen LogP contribution is 2.07. The van der Waals surface area contributed by atoms with Crippen molar-refractivity contribution >= 4 is 17.2 Å². The summed E-state index contributed by atoms with van der Waals surface area (Å²) in [5.74, 6) is 0.155. The van der Waals surface area contributed by atoms with Gasteiger partial charge in [0.15, 0.2) is 0 Å². The lowest BCUT2D eigenvalue weighted by Gasteiger charge is -2.08. The van der Waals surface area contributed by atoms with Crippen molar-refractivity contribution in [3.63, 3.8) is 0 Å². The molecule has 1 amide bonds. The second kappa shape index (κ2) is 3.89. The smallest absolute Gasteiger partial charge is 0.221 e. The summed E-state index contributed by atoms with van der Waals surface area (Å²) in [5, 5.41) is 10.3. The molecule has 0 saturated carbocycles. The highest BCUT2D eigenvalue weighted by Gasteiger charge is 2.20. The van der Waals surface area contributed by atoms with Gasteiger partial charge >= 0.3 is 0 Å². The van der Waals surface area contributed by atoms with E-state index >= 15 is 0 Å². The lowest BCUT2D eigenvalue weighted by Crippen LogP contribution is -2.30. The molecule has 1 aromatic rings. The van der Waals surface area contributed by atoms with E-state index in [0.717, 1.165) is 13.1 Å². The van der Waals surface area contributed by atoms with Gasteiger partial charge in [-0.15, -0.1) is 0 Å². The Bertz CT molecular complexity index is 284. The molecule has 0 bridgehead atoms. The van der Waals surface area contributed by atoms with Crippen molar-refractivity contribution in [2.45, 2.75) is 19.0 Å². The van der Waals surface area contributed by atoms with Crippen molar-refractivity contribution in [2.75, 3.05) is 6.54 Å². The largest absolute Gasteiger partial charge is 0.354 e. The topological polar surface area (TPSA) is 41.1 Å². The fourth-order valence-electron chi connectivity index (χ4n) is 1.40. The summed E-state index contributed by atoms with van der Waals surface area (Å²) in [6, 6.07) is 2.41. The Balaban J connectivity index is 1.77. The van der Waals surface area contributed by atoms with Gasteiger partial charge in [0, 0.05) is 25.6 Å². The van der Waals surface area contributed by atoms with Crippen molar-refractivity contribution in [3.05, 3.63) is 22.4 Å². The molecule has 1 atom stereocenters. The van der Waals surface area contributed by atoms with E-state index in [4.69, 9.17) is 0 Å². The number of nitrogens with one attached hydrogen (secondary N) is 2. The molecule has 2 N–H and O–H groups in total. The maximum absolute atomic E-state index is 10.9. The lowest BCUT2D eigenvalue weighted by molar-refractivity contribution is -0.119. The molecule has 0 radical (unpaired) electrons. The Morgan fingerprint density at radius 1 is 1.69 bits per heavy atom. The maximum atomic E-state index is 10.9. The molecule has 2 heterocycles. The van der Waals surface area contributed by atoms with Crippen LogP contribution in [-0.4, -0.2) is 18.5 Å². The minimum Gasteiger partial charge on any atom is -0.354 e. The van der Waals surface area contributed by atoms with Gasteiger partial charge in [-0.05, 0) is 22.4 Å². The molecular weight excluding hydrogens is 184 g/mol. The Morgan fingerprint density at radius 2 is 2.62 bits per heavy atom. The number of thiophene rings is 1. The minimum atomic E-state index is 0.155. The highest BCUT2D eigenvalue weighted by molar-refractivity contribution is 7.07. The first-order valence-corrected chi connectivity index (χ1v) is 5.30. The van der Waals surface area contributed by atoms with Crippen molar-refractivity contribution in [1.82, 2.24) is 10.6 Å². The average Bonchev–Trinajstić information content (AvgIpc) is 2.71. The first kappa shape index (κ1) is 8.72. The summed E-state index contributed by atoms with van der Waals surface area (Å²) >= 11 is 1.70. The molecule has 1 aromatic heterocycles. The standard InChI is InChI=1S/C9H12N2OS/c12-9-3-8(5-11-9)10-4-7-1-2-13-6-7/h1-2,6,8,10H,3-5H2,(H,11,12). The maximum Gasteiger partial charge on any atom is 0.221 e. The highest BCUT2D eigenvalue weighted by atomic mass is 32.1. The first-order valence-electron chi connectivity index (χ1n) is 4.36. The molecule has 0 aliphatic carbocycles. The third-order valence-electron chi connectivity index (χ3n) is 2.15. The van der Waals surface area contributed by atoms with Gasteiger partial charge in [-0.2, -0.15) is 11.3 Å². The van der Waals surface area contributed by atoms with Crippen molar-refractivity contribution in [1.29, 1.82) is 0 Å². The molecule has 3 nitrogen and oxygen atoms in total. The quantitative estimate of drug-likeness (QED) is 0.748. The second-order valence-corrected chi connectivity index (χ2v) is 4.00. The van der Waals surface area contributed by atoms with Crippen LogP contribution in [0.1, 0.15) is 12.0 Å². The number of amides is 1. The van der Waals surface area contributed by atoms with Gasteiger partial charge in [0.1, 0.15) is 0 Å². The molecule has 0 aromatic carbocycles. The predicted octanol–water partition coefficient (Wildman–Crippen LogP) is 0.726. The van der Waals surface area contributed by atoms with E-state index in [1.54, 1.807) is 11.3 Å². The Labute approximate surface area is 81.2 Å². The Hall–Kier alpha value is -0.870. The van der Waals surface area contributed by atoms with Gasteiger partial charge in [-0.3, -0.25) is 4.79 Å². The van der Waals surface area contributed by atoms with E-state index in [-0.39, 0.29) is 5.91 Å². The van der Waals surface area contributed by atoms with Crippen LogP contribution in [0.25, 0.3) is 0 Å². The Kier molecular flexibility index (Phi) is 2.61. The molecule has 1 aliphatic rings. The van der Waals surface area contributed by atoms with Crippen LogP contribution in [-0.2, 0) is 11.3 Å². The van der Waals surface area contributed by atoms with Gasteiger partial charge in [0.2, 0.25) is 5.91 Å². The molecule has 1 aliphatic heterocycles. The fraction of sp³-hybridized carbons (Fsp3) is 0.444. The predicted molar refractivity (Wildman–Crippen MR) is 52.6 cm³/mol. The van der Waals surface area contributed by atoms with E-state index in [9.17, 15) is 4.79 Å². The average molecular weight is 196 g/mol. The number of rotatable bonds is 3. The molecule has 1 fully saturated rings. The van der Waals surface area contributed by atoms with E-state index in [0.29, 0.717) is 12.5 Å². The summed E-state index contributed by atoms with van der Waals surface area (Å²) in [5.41, 5.74) is 1.30. The SMILES string of the molecule is O=C1CC(NCc2ccsc2)CN1. The van der Waals surface area contributed by atoms with E-state index in [1.165, 1.54) is 5.56 Å². The second-order valence-electron chi connectivity index (χ2n) is 3.22. The molecule has 4 heteroatoms. The zero-order valence-corrected chi connectivity index (χ0v) is 8.06. The van der Waals surface area contributed by atoms with Gasteiger partial charge in [0.25, 0.3) is 0 Å². The molecule has 0 spiro atoms. The number of hydrogen-bond donors (Lipinski definition) is 2. The molecule has 13 heavy (non-hydrogen) atoms. The molecular formula is C9H12N2OS. The summed E-state index contributed by atoms with van der Waals surface area (Å²) in [7, 11) is 0. The summed E-state index contributed by atoms with van der Waals surface area (Å²) < 4.78 is 0. The normalized spacial score (nSPS) is 21.8. The number of carbonyl (C=O) groups is 1. The van der Waals surface area contributed by atoms with Crippen LogP contribution in [0.5, 0.6) is 0 Å². The van der Waals surface area contributed by atoms with Crippen molar-refractivity contribution in [2.24, 2.45) is 0 Å². The minimum absolute atomic E-state index is 0.155. The fourth-order valence-corrected chi connectivity index (χ4v) is 2.07. The van der Waals surface area contributed by atoms with Gasteiger partial charge in [-0.25, -0.2) is 0 Å². The van der Waals surface area contributed by atoms with Crippen molar-refractivity contribution < 1.29 is 4.79 Å². The lowest BCUT2D eigenvalue weighted by atomic mass is 10.2. The van der Waals surface area contributed by atoms with Crippen LogP contribution in [0.4, 0.5) is 0 Å². The molecule has 1 saturated heterocycles. The third-order valence-corrected chi connectivity index (χ3v) is 2.88. The molecule has 2 rings (SSSR count). The summed E-state index contributed by atoms with van der Waals surface area (Å²) in [6.07, 6.45) is 0.615. The van der Waals surface area contributed by atoms with Crippen LogP contribution < -0.4 is 10.6 Å². The van der Waals surface area contributed by atoms with Crippen LogP contribution in [0, 0.1) is 0 Å². The third kappa shape index (κ3) is 2.29. The van der Waals surface area contributed by atoms with Gasteiger partial charge in [-0.1, -0.05) is 0 Å². The number of carbonyl (C=O) groups excluding carboxylic acids is 1. The zero-order valence-electron chi connectivity index (χ0n) is 7.25. The number of hydrogen-bond acceptors (Lipinski definition) is 3. The Morgan fingerprint density at radius 3 is 3.23 bits per heavy atom. The first-order chi connectivity index (χ1) is 6.34. The zero-order chi connectivity index (χ0) is 9.10. The van der Waals surface area contributed by atoms with Crippen molar-refractivity contribution in [3.8, 4) is 0 Å². The van der Waals surface area contributed by atoms with E-state index < -0.39 is 0 Å². The van der Waals surface area contributed by atoms with Crippen LogP contribution >= 0.6 is 11.3 Å². The summed E-state index contributed by atoms with van der Waals surface area (Å²) in [6.45, 7) is 1.63.